The highest BCUT2D eigenvalue weighted by molar-refractivity contribution is 7.58. The van der Waals surface area contributed by atoms with Gasteiger partial charge in [0.1, 0.15) is 0 Å². The van der Waals surface area contributed by atoms with E-state index in [1.54, 1.807) is 4.68 Å². The van der Waals surface area contributed by atoms with Crippen LogP contribution in [0.3, 0.4) is 0 Å². The van der Waals surface area contributed by atoms with Crippen molar-refractivity contribution in [2.45, 2.75) is 18.6 Å². The molecule has 0 radical (unpaired) electrons. The second-order valence-corrected chi connectivity index (χ2v) is 2.72. The Bertz CT molecular complexity index is 277. The molecule has 0 aliphatic carbocycles. The van der Waals surface area contributed by atoms with E-state index in [0.29, 0.717) is 5.16 Å². The molecule has 1 heterocycles. The summed E-state index contributed by atoms with van der Waals surface area (Å²) in [5, 5.41) is 4.69. The van der Waals surface area contributed by atoms with Crippen molar-refractivity contribution in [3.8, 4) is 0 Å². The van der Waals surface area contributed by atoms with Crippen LogP contribution in [0.4, 0.5) is 0 Å². The molecule has 0 unspecified atom stereocenters. The zero-order chi connectivity index (χ0) is 8.43. The van der Waals surface area contributed by atoms with Crippen LogP contribution in [0.1, 0.15) is 5.82 Å². The number of aryl methyl sites for hydroxylation is 1. The van der Waals surface area contributed by atoms with Gasteiger partial charge in [-0.3, -0.25) is 0 Å². The van der Waals surface area contributed by atoms with Gasteiger partial charge in [-0.25, -0.2) is 4.57 Å². The molecule has 0 aliphatic heterocycles. The van der Waals surface area contributed by atoms with Gasteiger partial charge in [-0.1, -0.05) is 12.7 Å². The number of rotatable bonds is 2. The second kappa shape index (κ2) is 3.00. The van der Waals surface area contributed by atoms with Gasteiger partial charge >= 0.3 is 0 Å². The van der Waals surface area contributed by atoms with Gasteiger partial charge in [0, 0.05) is 12.0 Å². The minimum Gasteiger partial charge on any atom is -0.703 e. The van der Waals surface area contributed by atoms with E-state index < -0.39 is 0 Å². The van der Waals surface area contributed by atoms with Gasteiger partial charge < -0.3 is 12.6 Å². The van der Waals surface area contributed by atoms with E-state index in [-0.39, 0.29) is 0 Å². The molecule has 0 aliphatic rings. The molecule has 1 aromatic heterocycles. The van der Waals surface area contributed by atoms with E-state index in [1.807, 2.05) is 24.6 Å². The van der Waals surface area contributed by atoms with Gasteiger partial charge in [-0.2, -0.15) is 0 Å². The van der Waals surface area contributed by atoms with Crippen LogP contribution in [-0.2, 0) is 26.2 Å². The predicted molar refractivity (Wildman–Crippen MR) is 44.0 cm³/mol. The first-order valence-corrected chi connectivity index (χ1v) is 3.79. The molecular weight excluding hydrogens is 158 g/mol. The van der Waals surface area contributed by atoms with E-state index in [2.05, 4.69) is 11.7 Å². The normalized spacial score (nSPS) is 10.0. The van der Waals surface area contributed by atoms with E-state index >= 15 is 0 Å². The molecule has 0 saturated heterocycles. The average molecular weight is 169 g/mol. The number of hydrogen-bond acceptors (Lipinski definition) is 2. The molecule has 0 amide bonds. The SMILES string of the molecule is C=CC[n+]1c([S-])nn(C)c1C. The monoisotopic (exact) mass is 169 g/mol. The summed E-state index contributed by atoms with van der Waals surface area (Å²) in [6.45, 7) is 6.36. The molecule has 0 spiro atoms. The Hall–Kier alpha value is -0.900. The molecule has 0 atom stereocenters. The molecule has 4 heteroatoms. The Balaban J connectivity index is 3.11. The second-order valence-electron chi connectivity index (χ2n) is 2.35. The maximum absolute atomic E-state index is 5.01. The van der Waals surface area contributed by atoms with Gasteiger partial charge in [0.05, 0.1) is 13.6 Å². The van der Waals surface area contributed by atoms with Gasteiger partial charge in [0.2, 0.25) is 5.82 Å². The number of nitrogens with zero attached hydrogens (tertiary/aromatic N) is 3. The highest BCUT2D eigenvalue weighted by Crippen LogP contribution is 1.90. The van der Waals surface area contributed by atoms with Crippen molar-refractivity contribution in [3.63, 3.8) is 0 Å². The summed E-state index contributed by atoms with van der Waals surface area (Å²) in [6, 6.07) is 0. The maximum atomic E-state index is 5.01. The summed E-state index contributed by atoms with van der Waals surface area (Å²) in [4.78, 5) is 0. The van der Waals surface area contributed by atoms with Crippen molar-refractivity contribution in [1.29, 1.82) is 0 Å². The van der Waals surface area contributed by atoms with E-state index in [1.165, 1.54) is 0 Å². The summed E-state index contributed by atoms with van der Waals surface area (Å²) in [5.74, 6) is 1.05. The topological polar surface area (TPSA) is 21.7 Å². The van der Waals surface area contributed by atoms with Crippen LogP contribution in [0.25, 0.3) is 0 Å². The highest BCUT2D eigenvalue weighted by Gasteiger charge is 2.09. The van der Waals surface area contributed by atoms with Crippen LogP contribution < -0.4 is 4.57 Å². The van der Waals surface area contributed by atoms with E-state index in [9.17, 15) is 0 Å². The lowest BCUT2D eigenvalue weighted by atomic mass is 10.5. The lowest BCUT2D eigenvalue weighted by molar-refractivity contribution is -0.729. The molecule has 0 bridgehead atoms. The predicted octanol–water partition coefficient (Wildman–Crippen LogP) is 0.108. The molecule has 0 fully saturated rings. The lowest BCUT2D eigenvalue weighted by Crippen LogP contribution is -2.37. The van der Waals surface area contributed by atoms with E-state index in [4.69, 9.17) is 12.6 Å². The Morgan fingerprint density at radius 2 is 2.45 bits per heavy atom. The molecule has 1 aromatic rings. The minimum absolute atomic E-state index is 0.616. The summed E-state index contributed by atoms with van der Waals surface area (Å²) in [7, 11) is 1.88. The first-order chi connectivity index (χ1) is 5.16. The van der Waals surface area contributed by atoms with E-state index in [0.717, 1.165) is 12.4 Å². The van der Waals surface area contributed by atoms with Gasteiger partial charge in [-0.15, -0.1) is 4.68 Å². The average Bonchev–Trinajstić information content (AvgIpc) is 2.17. The molecule has 11 heavy (non-hydrogen) atoms. The Labute approximate surface area is 71.8 Å². The smallest absolute Gasteiger partial charge is 0.231 e. The van der Waals surface area contributed by atoms with Crippen LogP contribution >= 0.6 is 0 Å². The van der Waals surface area contributed by atoms with Crippen LogP contribution in [0.2, 0.25) is 0 Å². The van der Waals surface area contributed by atoms with Crippen LogP contribution in [-0.4, -0.2) is 9.78 Å². The van der Waals surface area contributed by atoms with Crippen molar-refractivity contribution in [1.82, 2.24) is 9.78 Å². The first kappa shape index (κ1) is 8.20. The fraction of sp³-hybridized carbons (Fsp3) is 0.429. The molecule has 60 valence electrons. The summed E-state index contributed by atoms with van der Waals surface area (Å²) in [5.41, 5.74) is 0. The molecule has 1 rings (SSSR count). The van der Waals surface area contributed by atoms with Gasteiger partial charge in [-0.05, 0) is 0 Å². The number of allylic oxidation sites excluding steroid dienone is 1. The van der Waals surface area contributed by atoms with Crippen LogP contribution in [0.15, 0.2) is 17.8 Å². The summed E-state index contributed by atoms with van der Waals surface area (Å²) >= 11 is 5.01. The van der Waals surface area contributed by atoms with Crippen LogP contribution in [0.5, 0.6) is 0 Å². The minimum atomic E-state index is 0.616. The van der Waals surface area contributed by atoms with Crippen molar-refractivity contribution < 1.29 is 4.57 Å². The van der Waals surface area contributed by atoms with Gasteiger partial charge in [0.15, 0.2) is 5.16 Å². The standard InChI is InChI=1S/C7H11N3S/c1-4-5-10-6(2)9(3)8-7(10)11/h4H,1,5H2,2-3H3. The van der Waals surface area contributed by atoms with Crippen molar-refractivity contribution >= 4 is 12.6 Å². The highest BCUT2D eigenvalue weighted by atomic mass is 32.1. The zero-order valence-electron chi connectivity index (χ0n) is 6.74. The number of aromatic nitrogens is 3. The molecular formula is C7H11N3S. The largest absolute Gasteiger partial charge is 0.703 e. The molecule has 3 nitrogen and oxygen atoms in total. The molecule has 0 saturated carbocycles. The molecule has 0 N–H and O–H groups in total. The Morgan fingerprint density at radius 1 is 1.82 bits per heavy atom. The summed E-state index contributed by atoms with van der Waals surface area (Å²) < 4.78 is 3.70. The van der Waals surface area contributed by atoms with Crippen molar-refractivity contribution in [2.75, 3.05) is 0 Å². The van der Waals surface area contributed by atoms with Crippen molar-refractivity contribution in [3.05, 3.63) is 18.5 Å². The van der Waals surface area contributed by atoms with Gasteiger partial charge in [0.25, 0.3) is 0 Å². The summed E-state index contributed by atoms with van der Waals surface area (Å²) in [6.07, 6.45) is 1.81. The van der Waals surface area contributed by atoms with Crippen LogP contribution in [0, 0.1) is 6.92 Å². The fourth-order valence-electron chi connectivity index (χ4n) is 0.907. The van der Waals surface area contributed by atoms with Crippen molar-refractivity contribution in [2.24, 2.45) is 7.05 Å². The number of hydrogen-bond donors (Lipinski definition) is 0. The maximum Gasteiger partial charge on any atom is 0.231 e. The third-order valence-corrected chi connectivity index (χ3v) is 1.94. The molecule has 0 aromatic carbocycles. The zero-order valence-corrected chi connectivity index (χ0v) is 7.56. The third-order valence-electron chi connectivity index (χ3n) is 1.64. The Kier molecular flexibility index (Phi) is 2.24. The fourth-order valence-corrected chi connectivity index (χ4v) is 1.24. The lowest BCUT2D eigenvalue weighted by Gasteiger charge is -1.99. The quantitative estimate of drug-likeness (QED) is 0.356. The Morgan fingerprint density at radius 3 is 2.82 bits per heavy atom. The third kappa shape index (κ3) is 1.40. The first-order valence-electron chi connectivity index (χ1n) is 3.38.